The molecule has 0 spiro atoms. The van der Waals surface area contributed by atoms with Crippen LogP contribution in [-0.2, 0) is 11.3 Å². The third kappa shape index (κ3) is 4.30. The lowest BCUT2D eigenvalue weighted by Crippen LogP contribution is -2.44. The van der Waals surface area contributed by atoms with E-state index in [-0.39, 0.29) is 17.9 Å². The molecule has 1 aromatic carbocycles. The van der Waals surface area contributed by atoms with Crippen LogP contribution in [0.5, 0.6) is 0 Å². The lowest BCUT2D eigenvalue weighted by molar-refractivity contribution is -0.121. The second kappa shape index (κ2) is 6.38. The lowest BCUT2D eigenvalue weighted by atomic mass is 10.0. The molecule has 0 aliphatic rings. The van der Waals surface area contributed by atoms with Crippen LogP contribution < -0.4 is 11.1 Å². The van der Waals surface area contributed by atoms with Crippen LogP contribution in [0.2, 0.25) is 5.02 Å². The highest BCUT2D eigenvalue weighted by Crippen LogP contribution is 2.21. The molecule has 0 aliphatic carbocycles. The number of halogens is 2. The summed E-state index contributed by atoms with van der Waals surface area (Å²) in [6, 6.07) is 5.22. The molecule has 0 fully saturated rings. The van der Waals surface area contributed by atoms with Crippen molar-refractivity contribution < 1.29 is 4.79 Å². The number of nitrogens with one attached hydrogen (secondary N) is 1. The molecular weight excluding hydrogens is 304 g/mol. The molecule has 5 heteroatoms. The minimum Gasteiger partial charge on any atom is -0.368 e. The van der Waals surface area contributed by atoms with Crippen molar-refractivity contribution in [2.45, 2.75) is 26.4 Å². The molecule has 0 saturated carbocycles. The largest absolute Gasteiger partial charge is 0.368 e. The van der Waals surface area contributed by atoms with E-state index in [1.54, 1.807) is 0 Å². The van der Waals surface area contributed by atoms with Crippen molar-refractivity contribution in [3.8, 4) is 0 Å². The highest BCUT2D eigenvalue weighted by molar-refractivity contribution is 9.10. The number of hydrogen-bond donors (Lipinski definition) is 2. The maximum absolute atomic E-state index is 11.2. The summed E-state index contributed by atoms with van der Waals surface area (Å²) in [5.41, 5.74) is 6.33. The van der Waals surface area contributed by atoms with Crippen molar-refractivity contribution in [2.75, 3.05) is 0 Å². The Kier molecular flexibility index (Phi) is 5.43. The highest BCUT2D eigenvalue weighted by atomic mass is 79.9. The zero-order valence-corrected chi connectivity index (χ0v) is 12.2. The van der Waals surface area contributed by atoms with E-state index in [1.807, 2.05) is 32.0 Å². The maximum Gasteiger partial charge on any atom is 0.234 e. The first-order valence-electron chi connectivity index (χ1n) is 5.38. The first-order valence-corrected chi connectivity index (χ1v) is 6.55. The summed E-state index contributed by atoms with van der Waals surface area (Å²) in [6.45, 7) is 4.46. The summed E-state index contributed by atoms with van der Waals surface area (Å²) in [5.74, 6) is -0.177. The SMILES string of the molecule is CC(C)C(NCc1cc(Cl)ccc1Br)C(N)=O. The summed E-state index contributed by atoms with van der Waals surface area (Å²) in [5, 5.41) is 3.81. The quantitative estimate of drug-likeness (QED) is 0.877. The molecule has 0 aromatic heterocycles. The van der Waals surface area contributed by atoms with Gasteiger partial charge in [0.25, 0.3) is 0 Å². The number of benzene rings is 1. The van der Waals surface area contributed by atoms with Crippen LogP contribution in [0.25, 0.3) is 0 Å². The Balaban J connectivity index is 2.72. The number of primary amides is 1. The van der Waals surface area contributed by atoms with Crippen LogP contribution in [0, 0.1) is 5.92 Å². The van der Waals surface area contributed by atoms with E-state index in [2.05, 4.69) is 21.2 Å². The van der Waals surface area contributed by atoms with E-state index >= 15 is 0 Å². The molecule has 94 valence electrons. The Morgan fingerprint density at radius 1 is 1.53 bits per heavy atom. The topological polar surface area (TPSA) is 55.1 Å². The number of carbonyl (C=O) groups is 1. The average Bonchev–Trinajstić information content (AvgIpc) is 2.22. The molecule has 1 amide bonds. The van der Waals surface area contributed by atoms with Gasteiger partial charge in [-0.05, 0) is 29.7 Å². The van der Waals surface area contributed by atoms with Gasteiger partial charge in [0.15, 0.2) is 0 Å². The standard InChI is InChI=1S/C12H16BrClN2O/c1-7(2)11(12(15)17)16-6-8-5-9(14)3-4-10(8)13/h3-5,7,11,16H,6H2,1-2H3,(H2,15,17). The van der Waals surface area contributed by atoms with Crippen molar-refractivity contribution in [1.82, 2.24) is 5.32 Å². The van der Waals surface area contributed by atoms with Crippen LogP contribution in [0.15, 0.2) is 22.7 Å². The molecule has 0 radical (unpaired) electrons. The Labute approximate surface area is 115 Å². The molecule has 0 bridgehead atoms. The van der Waals surface area contributed by atoms with Crippen molar-refractivity contribution in [2.24, 2.45) is 11.7 Å². The molecule has 17 heavy (non-hydrogen) atoms. The van der Waals surface area contributed by atoms with Gasteiger partial charge >= 0.3 is 0 Å². The number of nitrogens with two attached hydrogens (primary N) is 1. The number of rotatable bonds is 5. The summed E-state index contributed by atoms with van der Waals surface area (Å²) >= 11 is 9.36. The lowest BCUT2D eigenvalue weighted by Gasteiger charge is -2.19. The summed E-state index contributed by atoms with van der Waals surface area (Å²) in [7, 11) is 0. The average molecular weight is 320 g/mol. The van der Waals surface area contributed by atoms with Gasteiger partial charge in [0.2, 0.25) is 5.91 Å². The van der Waals surface area contributed by atoms with Gasteiger partial charge in [0.05, 0.1) is 6.04 Å². The molecular formula is C12H16BrClN2O. The smallest absolute Gasteiger partial charge is 0.234 e. The zero-order valence-electron chi connectivity index (χ0n) is 9.84. The van der Waals surface area contributed by atoms with Gasteiger partial charge in [-0.1, -0.05) is 41.4 Å². The van der Waals surface area contributed by atoms with E-state index in [0.717, 1.165) is 10.0 Å². The van der Waals surface area contributed by atoms with Crippen LogP contribution in [-0.4, -0.2) is 11.9 Å². The fourth-order valence-electron chi connectivity index (χ4n) is 1.56. The predicted molar refractivity (Wildman–Crippen MR) is 73.8 cm³/mol. The number of amides is 1. The second-order valence-corrected chi connectivity index (χ2v) is 5.53. The zero-order chi connectivity index (χ0) is 13.0. The normalized spacial score (nSPS) is 12.8. The van der Waals surface area contributed by atoms with Gasteiger partial charge in [-0.25, -0.2) is 0 Å². The van der Waals surface area contributed by atoms with Crippen molar-refractivity contribution in [3.63, 3.8) is 0 Å². The molecule has 0 heterocycles. The molecule has 1 atom stereocenters. The predicted octanol–water partition coefficient (Wildman–Crippen LogP) is 2.70. The van der Waals surface area contributed by atoms with Crippen molar-refractivity contribution >= 4 is 33.4 Å². The van der Waals surface area contributed by atoms with E-state index < -0.39 is 0 Å². The summed E-state index contributed by atoms with van der Waals surface area (Å²) < 4.78 is 0.960. The third-order valence-electron chi connectivity index (χ3n) is 2.49. The van der Waals surface area contributed by atoms with Gasteiger partial charge in [-0.2, -0.15) is 0 Å². The molecule has 1 unspecified atom stereocenters. The van der Waals surface area contributed by atoms with Crippen LogP contribution in [0.1, 0.15) is 19.4 Å². The molecule has 0 saturated heterocycles. The maximum atomic E-state index is 11.2. The van der Waals surface area contributed by atoms with Crippen LogP contribution in [0.4, 0.5) is 0 Å². The van der Waals surface area contributed by atoms with Crippen molar-refractivity contribution in [3.05, 3.63) is 33.3 Å². The van der Waals surface area contributed by atoms with E-state index in [0.29, 0.717) is 11.6 Å². The molecule has 0 aliphatic heterocycles. The first-order chi connectivity index (χ1) is 7.91. The van der Waals surface area contributed by atoms with E-state index in [1.165, 1.54) is 0 Å². The van der Waals surface area contributed by atoms with Gasteiger partial charge in [-0.15, -0.1) is 0 Å². The van der Waals surface area contributed by atoms with Gasteiger partial charge in [0, 0.05) is 16.0 Å². The molecule has 3 nitrogen and oxygen atoms in total. The number of hydrogen-bond acceptors (Lipinski definition) is 2. The van der Waals surface area contributed by atoms with Gasteiger partial charge < -0.3 is 11.1 Å². The third-order valence-corrected chi connectivity index (χ3v) is 3.50. The molecule has 1 rings (SSSR count). The number of carbonyl (C=O) groups excluding carboxylic acids is 1. The first kappa shape index (κ1) is 14.5. The van der Waals surface area contributed by atoms with Crippen LogP contribution in [0.3, 0.4) is 0 Å². The minimum atomic E-state index is -0.335. The highest BCUT2D eigenvalue weighted by Gasteiger charge is 2.18. The Bertz CT molecular complexity index is 409. The fraction of sp³-hybridized carbons (Fsp3) is 0.417. The Morgan fingerprint density at radius 2 is 2.18 bits per heavy atom. The summed E-state index contributed by atoms with van der Waals surface area (Å²) in [6.07, 6.45) is 0. The molecule has 1 aromatic rings. The minimum absolute atomic E-state index is 0.158. The monoisotopic (exact) mass is 318 g/mol. The van der Waals surface area contributed by atoms with Crippen LogP contribution >= 0.6 is 27.5 Å². The van der Waals surface area contributed by atoms with Gasteiger partial charge in [-0.3, -0.25) is 4.79 Å². The second-order valence-electron chi connectivity index (χ2n) is 4.24. The van der Waals surface area contributed by atoms with Crippen molar-refractivity contribution in [1.29, 1.82) is 0 Å². The van der Waals surface area contributed by atoms with Gasteiger partial charge in [0.1, 0.15) is 0 Å². The Hall–Kier alpha value is -0.580. The Morgan fingerprint density at radius 3 is 2.71 bits per heavy atom. The fourth-order valence-corrected chi connectivity index (χ4v) is 2.15. The van der Waals surface area contributed by atoms with E-state index in [4.69, 9.17) is 17.3 Å². The summed E-state index contributed by atoms with van der Waals surface area (Å²) in [4.78, 5) is 11.2. The molecule has 3 N–H and O–H groups in total. The van der Waals surface area contributed by atoms with E-state index in [9.17, 15) is 4.79 Å².